The predicted molar refractivity (Wildman–Crippen MR) is 57.6 cm³/mol. The summed E-state index contributed by atoms with van der Waals surface area (Å²) in [6, 6.07) is 0. The van der Waals surface area contributed by atoms with Crippen molar-refractivity contribution < 1.29 is 0 Å². The van der Waals surface area contributed by atoms with Crippen LogP contribution in [0.4, 0.5) is 0 Å². The van der Waals surface area contributed by atoms with Gasteiger partial charge in [0.1, 0.15) is 0 Å². The minimum Gasteiger partial charge on any atom is -0.272 e. The zero-order chi connectivity index (χ0) is 10.6. The fourth-order valence-electron chi connectivity index (χ4n) is 2.54. The first-order chi connectivity index (χ1) is 7.18. The van der Waals surface area contributed by atoms with Gasteiger partial charge in [-0.25, -0.2) is 0 Å². The topological polar surface area (TPSA) is 35.6 Å². The summed E-state index contributed by atoms with van der Waals surface area (Å²) in [7, 11) is 4.01. The third-order valence-corrected chi connectivity index (χ3v) is 3.27. The van der Waals surface area contributed by atoms with Gasteiger partial charge in [0.2, 0.25) is 0 Å². The molecule has 0 radical (unpaired) electrons. The van der Waals surface area contributed by atoms with Gasteiger partial charge in [-0.2, -0.15) is 10.2 Å². The average molecular weight is 202 g/mol. The van der Waals surface area contributed by atoms with E-state index < -0.39 is 0 Å². The van der Waals surface area contributed by atoms with Gasteiger partial charge in [-0.05, 0) is 19.8 Å². The van der Waals surface area contributed by atoms with Gasteiger partial charge in [0, 0.05) is 30.9 Å². The van der Waals surface area contributed by atoms with Crippen molar-refractivity contribution in [1.29, 1.82) is 0 Å². The molecule has 3 rings (SSSR count). The average Bonchev–Trinajstić information content (AvgIpc) is 2.70. The molecule has 15 heavy (non-hydrogen) atoms. The van der Waals surface area contributed by atoms with Crippen molar-refractivity contribution in [3.63, 3.8) is 0 Å². The van der Waals surface area contributed by atoms with E-state index in [1.54, 1.807) is 0 Å². The zero-order valence-corrected chi connectivity index (χ0v) is 9.28. The lowest BCUT2D eigenvalue weighted by atomic mass is 9.94. The molecule has 0 bridgehead atoms. The first-order valence-electron chi connectivity index (χ1n) is 5.22. The molecule has 4 heteroatoms. The van der Waals surface area contributed by atoms with E-state index in [-0.39, 0.29) is 0 Å². The molecule has 0 saturated carbocycles. The summed E-state index contributed by atoms with van der Waals surface area (Å²) in [5.74, 6) is 0. The summed E-state index contributed by atoms with van der Waals surface area (Å²) in [4.78, 5) is 0. The summed E-state index contributed by atoms with van der Waals surface area (Å²) in [6.07, 6.45) is 4.11. The van der Waals surface area contributed by atoms with Gasteiger partial charge in [0.25, 0.3) is 0 Å². The molecule has 0 aliphatic heterocycles. The molecule has 0 aromatic carbocycles. The van der Waals surface area contributed by atoms with Gasteiger partial charge in [-0.1, -0.05) is 0 Å². The van der Waals surface area contributed by atoms with Crippen molar-refractivity contribution in [3.05, 3.63) is 23.1 Å². The Morgan fingerprint density at radius 2 is 2.00 bits per heavy atom. The number of hydrogen-bond donors (Lipinski definition) is 0. The number of aryl methyl sites for hydroxylation is 3. The summed E-state index contributed by atoms with van der Waals surface area (Å²) >= 11 is 0. The maximum absolute atomic E-state index is 4.48. The van der Waals surface area contributed by atoms with Gasteiger partial charge in [-0.3, -0.25) is 9.36 Å². The Bertz CT molecular complexity index is 533. The van der Waals surface area contributed by atoms with Crippen LogP contribution in [0.3, 0.4) is 0 Å². The molecule has 0 fully saturated rings. The second-order valence-corrected chi connectivity index (χ2v) is 4.16. The first-order valence-corrected chi connectivity index (χ1v) is 5.22. The second-order valence-electron chi connectivity index (χ2n) is 4.16. The summed E-state index contributed by atoms with van der Waals surface area (Å²) in [5, 5.41) is 8.80. The van der Waals surface area contributed by atoms with Gasteiger partial charge < -0.3 is 0 Å². The van der Waals surface area contributed by atoms with Crippen LogP contribution >= 0.6 is 0 Å². The largest absolute Gasteiger partial charge is 0.272 e. The predicted octanol–water partition coefficient (Wildman–Crippen LogP) is 1.23. The molecular formula is C11H14N4. The molecule has 0 unspecified atom stereocenters. The van der Waals surface area contributed by atoms with E-state index in [1.165, 1.54) is 22.5 Å². The molecular weight excluding hydrogens is 188 g/mol. The Kier molecular flexibility index (Phi) is 1.58. The van der Waals surface area contributed by atoms with Crippen LogP contribution in [0.25, 0.3) is 11.3 Å². The van der Waals surface area contributed by atoms with E-state index in [4.69, 9.17) is 0 Å². The fraction of sp³-hybridized carbons (Fsp3) is 0.455. The van der Waals surface area contributed by atoms with Gasteiger partial charge in [-0.15, -0.1) is 0 Å². The maximum Gasteiger partial charge on any atom is 0.0748 e. The summed E-state index contributed by atoms with van der Waals surface area (Å²) in [5.41, 5.74) is 6.37. The van der Waals surface area contributed by atoms with E-state index in [0.29, 0.717) is 0 Å². The Labute approximate surface area is 88.5 Å². The smallest absolute Gasteiger partial charge is 0.0748 e. The van der Waals surface area contributed by atoms with Crippen molar-refractivity contribution in [2.45, 2.75) is 19.8 Å². The molecule has 78 valence electrons. The van der Waals surface area contributed by atoms with Crippen molar-refractivity contribution in [1.82, 2.24) is 19.6 Å². The quantitative estimate of drug-likeness (QED) is 0.644. The first kappa shape index (κ1) is 8.71. The molecule has 2 aromatic rings. The van der Waals surface area contributed by atoms with Crippen molar-refractivity contribution >= 4 is 0 Å². The fourth-order valence-corrected chi connectivity index (χ4v) is 2.54. The lowest BCUT2D eigenvalue weighted by molar-refractivity contribution is 0.698. The molecule has 0 amide bonds. The molecule has 0 N–H and O–H groups in total. The van der Waals surface area contributed by atoms with Crippen LogP contribution in [0.15, 0.2) is 6.20 Å². The van der Waals surface area contributed by atoms with Crippen LogP contribution in [0.1, 0.15) is 17.0 Å². The normalized spacial score (nSPS) is 13.8. The van der Waals surface area contributed by atoms with Crippen molar-refractivity contribution in [3.8, 4) is 11.3 Å². The van der Waals surface area contributed by atoms with Crippen LogP contribution in [-0.2, 0) is 26.9 Å². The van der Waals surface area contributed by atoms with Crippen LogP contribution in [-0.4, -0.2) is 19.6 Å². The number of hydrogen-bond acceptors (Lipinski definition) is 2. The standard InChI is InChI=1S/C11H14N4/c1-7-8-4-5-10-9(6-12-14(10)2)11(8)15(3)13-7/h6H,4-5H2,1-3H3. The molecule has 0 atom stereocenters. The highest BCUT2D eigenvalue weighted by Gasteiger charge is 2.24. The molecule has 2 aromatic heterocycles. The van der Waals surface area contributed by atoms with E-state index in [2.05, 4.69) is 17.1 Å². The Balaban J connectivity index is 2.33. The molecule has 2 heterocycles. The number of fused-ring (bicyclic) bond motifs is 3. The van der Waals surface area contributed by atoms with Crippen LogP contribution in [0.2, 0.25) is 0 Å². The monoisotopic (exact) mass is 202 g/mol. The highest BCUT2D eigenvalue weighted by atomic mass is 15.3. The lowest BCUT2D eigenvalue weighted by Gasteiger charge is -2.14. The van der Waals surface area contributed by atoms with Crippen molar-refractivity contribution in [2.24, 2.45) is 14.1 Å². The van der Waals surface area contributed by atoms with Crippen molar-refractivity contribution in [2.75, 3.05) is 0 Å². The Hall–Kier alpha value is -1.58. The second kappa shape index (κ2) is 2.72. The number of nitrogens with zero attached hydrogens (tertiary/aromatic N) is 4. The highest BCUT2D eigenvalue weighted by molar-refractivity contribution is 5.68. The van der Waals surface area contributed by atoms with Gasteiger partial charge >= 0.3 is 0 Å². The maximum atomic E-state index is 4.48. The van der Waals surface area contributed by atoms with Gasteiger partial charge in [0.15, 0.2) is 0 Å². The van der Waals surface area contributed by atoms with Crippen LogP contribution in [0.5, 0.6) is 0 Å². The van der Waals surface area contributed by atoms with Crippen LogP contribution < -0.4 is 0 Å². The molecule has 1 aliphatic rings. The highest BCUT2D eigenvalue weighted by Crippen LogP contribution is 2.34. The van der Waals surface area contributed by atoms with E-state index in [0.717, 1.165) is 18.5 Å². The molecule has 4 nitrogen and oxygen atoms in total. The zero-order valence-electron chi connectivity index (χ0n) is 9.28. The lowest BCUT2D eigenvalue weighted by Crippen LogP contribution is -2.08. The van der Waals surface area contributed by atoms with E-state index >= 15 is 0 Å². The molecule has 1 aliphatic carbocycles. The minimum absolute atomic E-state index is 1.07. The van der Waals surface area contributed by atoms with E-state index in [9.17, 15) is 0 Å². The minimum atomic E-state index is 1.07. The van der Waals surface area contributed by atoms with Crippen LogP contribution in [0, 0.1) is 6.92 Å². The molecule has 0 saturated heterocycles. The third-order valence-electron chi connectivity index (χ3n) is 3.27. The Morgan fingerprint density at radius 3 is 2.80 bits per heavy atom. The van der Waals surface area contributed by atoms with E-state index in [1.807, 2.05) is 29.7 Å². The number of aromatic nitrogens is 4. The third kappa shape index (κ3) is 1.02. The number of rotatable bonds is 0. The van der Waals surface area contributed by atoms with Gasteiger partial charge in [0.05, 0.1) is 17.6 Å². The summed E-state index contributed by atoms with van der Waals surface area (Å²) < 4.78 is 3.95. The molecule has 0 spiro atoms. The SMILES string of the molecule is Cc1nn(C)c2c1CCc1c-2cnn1C. The summed E-state index contributed by atoms with van der Waals surface area (Å²) in [6.45, 7) is 2.08. The Morgan fingerprint density at radius 1 is 1.20 bits per heavy atom.